The van der Waals surface area contributed by atoms with Crippen molar-refractivity contribution in [2.75, 3.05) is 6.61 Å². The third-order valence-corrected chi connectivity index (χ3v) is 1.27. The molecular weight excluding hydrogens is 140 g/mol. The molecule has 1 atom stereocenters. The molecule has 0 aliphatic heterocycles. The summed E-state index contributed by atoms with van der Waals surface area (Å²) in [5, 5.41) is 0. The summed E-state index contributed by atoms with van der Waals surface area (Å²) in [7, 11) is 0. The standard InChI is InChI=1S/C9H14O2/c1-4-6-7-8(3)9(10)11-5-2/h8H,5,7H2,1-3H3/t8-/m1/s1. The lowest BCUT2D eigenvalue weighted by Gasteiger charge is -2.05. The van der Waals surface area contributed by atoms with Crippen molar-refractivity contribution in [2.45, 2.75) is 27.2 Å². The van der Waals surface area contributed by atoms with Crippen LogP contribution in [0.1, 0.15) is 27.2 Å². The van der Waals surface area contributed by atoms with Crippen LogP contribution in [0.4, 0.5) is 0 Å². The van der Waals surface area contributed by atoms with E-state index in [1.165, 1.54) is 0 Å². The first-order chi connectivity index (χ1) is 5.22. The van der Waals surface area contributed by atoms with Crippen LogP contribution in [-0.2, 0) is 9.53 Å². The first-order valence-electron chi connectivity index (χ1n) is 3.78. The number of ether oxygens (including phenoxy) is 1. The van der Waals surface area contributed by atoms with Crippen molar-refractivity contribution in [3.8, 4) is 11.8 Å². The van der Waals surface area contributed by atoms with Crippen LogP contribution >= 0.6 is 0 Å². The zero-order valence-corrected chi connectivity index (χ0v) is 7.31. The highest BCUT2D eigenvalue weighted by atomic mass is 16.5. The molecule has 62 valence electrons. The molecule has 0 aromatic rings. The van der Waals surface area contributed by atoms with Crippen molar-refractivity contribution in [3.05, 3.63) is 0 Å². The maximum absolute atomic E-state index is 11.0. The Labute approximate surface area is 67.9 Å². The topological polar surface area (TPSA) is 26.3 Å². The highest BCUT2D eigenvalue weighted by Crippen LogP contribution is 2.02. The molecule has 0 aromatic heterocycles. The monoisotopic (exact) mass is 154 g/mol. The molecule has 0 bridgehead atoms. The summed E-state index contributed by atoms with van der Waals surface area (Å²) in [4.78, 5) is 11.0. The Hall–Kier alpha value is -0.970. The van der Waals surface area contributed by atoms with Crippen LogP contribution in [0.5, 0.6) is 0 Å². The molecule has 2 heteroatoms. The first kappa shape index (κ1) is 10.0. The van der Waals surface area contributed by atoms with E-state index >= 15 is 0 Å². The highest BCUT2D eigenvalue weighted by molar-refractivity contribution is 5.72. The van der Waals surface area contributed by atoms with E-state index in [9.17, 15) is 4.79 Å². The first-order valence-corrected chi connectivity index (χ1v) is 3.78. The lowest BCUT2D eigenvalue weighted by atomic mass is 10.1. The molecule has 2 nitrogen and oxygen atoms in total. The van der Waals surface area contributed by atoms with Gasteiger partial charge < -0.3 is 4.74 Å². The maximum atomic E-state index is 11.0. The normalized spacial score (nSPS) is 11.2. The molecular formula is C9H14O2. The van der Waals surface area contributed by atoms with Crippen LogP contribution in [-0.4, -0.2) is 12.6 Å². The van der Waals surface area contributed by atoms with Crippen molar-refractivity contribution in [3.63, 3.8) is 0 Å². The molecule has 0 unspecified atom stereocenters. The van der Waals surface area contributed by atoms with Gasteiger partial charge in [0.1, 0.15) is 0 Å². The minimum atomic E-state index is -0.157. The second-order valence-electron chi connectivity index (χ2n) is 2.28. The molecule has 0 aliphatic carbocycles. The van der Waals surface area contributed by atoms with E-state index in [0.717, 1.165) is 0 Å². The summed E-state index contributed by atoms with van der Waals surface area (Å²) in [5.74, 6) is 5.32. The molecule has 0 aliphatic rings. The predicted octanol–water partition coefficient (Wildman–Crippen LogP) is 1.60. The molecule has 0 heterocycles. The highest BCUT2D eigenvalue weighted by Gasteiger charge is 2.11. The Morgan fingerprint density at radius 2 is 2.27 bits per heavy atom. The summed E-state index contributed by atoms with van der Waals surface area (Å²) in [5.41, 5.74) is 0. The van der Waals surface area contributed by atoms with Crippen LogP contribution in [0.2, 0.25) is 0 Å². The van der Waals surface area contributed by atoms with Crippen LogP contribution in [0.3, 0.4) is 0 Å². The molecule has 0 saturated heterocycles. The fourth-order valence-electron chi connectivity index (χ4n) is 0.623. The molecule has 0 N–H and O–H groups in total. The fraction of sp³-hybridized carbons (Fsp3) is 0.667. The Bertz CT molecular complexity index is 174. The largest absolute Gasteiger partial charge is 0.466 e. The van der Waals surface area contributed by atoms with E-state index in [1.54, 1.807) is 13.8 Å². The average molecular weight is 154 g/mol. The quantitative estimate of drug-likeness (QED) is 0.456. The number of hydrogen-bond acceptors (Lipinski definition) is 2. The van der Waals surface area contributed by atoms with Gasteiger partial charge in [-0.05, 0) is 13.8 Å². The van der Waals surface area contributed by atoms with Gasteiger partial charge in [-0.1, -0.05) is 6.92 Å². The summed E-state index contributed by atoms with van der Waals surface area (Å²) in [6, 6.07) is 0. The second-order valence-corrected chi connectivity index (χ2v) is 2.28. The van der Waals surface area contributed by atoms with E-state index in [-0.39, 0.29) is 11.9 Å². The van der Waals surface area contributed by atoms with Gasteiger partial charge >= 0.3 is 5.97 Å². The van der Waals surface area contributed by atoms with Crippen LogP contribution in [0.15, 0.2) is 0 Å². The summed E-state index contributed by atoms with van der Waals surface area (Å²) in [6.07, 6.45) is 0.593. The second kappa shape index (κ2) is 5.79. The lowest BCUT2D eigenvalue weighted by Crippen LogP contribution is -2.13. The van der Waals surface area contributed by atoms with Gasteiger partial charge in [-0.25, -0.2) is 0 Å². The van der Waals surface area contributed by atoms with Crippen molar-refractivity contribution >= 4 is 5.97 Å². The van der Waals surface area contributed by atoms with Gasteiger partial charge in [0.05, 0.1) is 12.5 Å². The van der Waals surface area contributed by atoms with Crippen LogP contribution < -0.4 is 0 Å². The molecule has 0 amide bonds. The van der Waals surface area contributed by atoms with E-state index in [0.29, 0.717) is 13.0 Å². The minimum absolute atomic E-state index is 0.0950. The number of carbonyl (C=O) groups is 1. The van der Waals surface area contributed by atoms with Gasteiger partial charge in [-0.2, -0.15) is 0 Å². The van der Waals surface area contributed by atoms with Gasteiger partial charge in [0.2, 0.25) is 0 Å². The molecule has 0 spiro atoms. The zero-order chi connectivity index (χ0) is 8.69. The summed E-state index contributed by atoms with van der Waals surface area (Å²) in [6.45, 7) is 5.83. The lowest BCUT2D eigenvalue weighted by molar-refractivity contribution is -0.147. The van der Waals surface area contributed by atoms with Gasteiger partial charge in [0.15, 0.2) is 0 Å². The molecule has 0 radical (unpaired) electrons. The molecule has 0 fully saturated rings. The van der Waals surface area contributed by atoms with E-state index < -0.39 is 0 Å². The number of esters is 1. The Kier molecular flexibility index (Phi) is 5.28. The van der Waals surface area contributed by atoms with Crippen molar-refractivity contribution in [1.29, 1.82) is 0 Å². The van der Waals surface area contributed by atoms with Gasteiger partial charge in [-0.15, -0.1) is 11.8 Å². The molecule has 0 aromatic carbocycles. The third-order valence-electron chi connectivity index (χ3n) is 1.27. The SMILES string of the molecule is CC#CC[C@@H](C)C(=O)OCC. The number of hydrogen-bond donors (Lipinski definition) is 0. The molecule has 0 rings (SSSR count). The maximum Gasteiger partial charge on any atom is 0.309 e. The fourth-order valence-corrected chi connectivity index (χ4v) is 0.623. The smallest absolute Gasteiger partial charge is 0.309 e. The van der Waals surface area contributed by atoms with Crippen LogP contribution in [0, 0.1) is 17.8 Å². The van der Waals surface area contributed by atoms with E-state index in [4.69, 9.17) is 4.74 Å². The van der Waals surface area contributed by atoms with Gasteiger partial charge in [0, 0.05) is 6.42 Å². The Morgan fingerprint density at radius 3 is 2.73 bits per heavy atom. The summed E-state index contributed by atoms with van der Waals surface area (Å²) >= 11 is 0. The Morgan fingerprint density at radius 1 is 1.64 bits per heavy atom. The molecule has 0 saturated carbocycles. The number of rotatable bonds is 3. The number of carbonyl (C=O) groups excluding carboxylic acids is 1. The van der Waals surface area contributed by atoms with Gasteiger partial charge in [-0.3, -0.25) is 4.79 Å². The summed E-state index contributed by atoms with van der Waals surface area (Å²) < 4.78 is 4.79. The van der Waals surface area contributed by atoms with Crippen molar-refractivity contribution in [2.24, 2.45) is 5.92 Å². The predicted molar refractivity (Wildman–Crippen MR) is 43.9 cm³/mol. The van der Waals surface area contributed by atoms with Crippen LogP contribution in [0.25, 0.3) is 0 Å². The average Bonchev–Trinajstić information content (AvgIpc) is 2.00. The Balaban J connectivity index is 3.69. The van der Waals surface area contributed by atoms with E-state index in [1.807, 2.05) is 6.92 Å². The van der Waals surface area contributed by atoms with Crippen molar-refractivity contribution in [1.82, 2.24) is 0 Å². The minimum Gasteiger partial charge on any atom is -0.466 e. The molecule has 11 heavy (non-hydrogen) atoms. The van der Waals surface area contributed by atoms with E-state index in [2.05, 4.69) is 11.8 Å². The van der Waals surface area contributed by atoms with Crippen molar-refractivity contribution < 1.29 is 9.53 Å². The van der Waals surface area contributed by atoms with Gasteiger partial charge in [0.25, 0.3) is 0 Å². The zero-order valence-electron chi connectivity index (χ0n) is 7.31. The third kappa shape index (κ3) is 4.44.